The standard InChI is InChI=1S/C20H26N2O5S/c1-5-6-15-27-17-9-11-18(12-10-17)28(25,26)22(14-8-7-13-21-4)19(16(2)3)20(23)24/h9-12,16,19,21H,13-15H2,1-4H3,(H,23,24). The normalized spacial score (nSPS) is 11.9. The van der Waals surface area contributed by atoms with Crippen LogP contribution in [0.25, 0.3) is 0 Å². The molecule has 0 aliphatic carbocycles. The first-order valence-electron chi connectivity index (χ1n) is 8.73. The molecular formula is C20H26N2O5S. The van der Waals surface area contributed by atoms with Crippen LogP contribution in [0.2, 0.25) is 0 Å². The first-order valence-corrected chi connectivity index (χ1v) is 10.2. The lowest BCUT2D eigenvalue weighted by Crippen LogP contribution is -2.48. The van der Waals surface area contributed by atoms with E-state index in [9.17, 15) is 18.3 Å². The molecule has 0 saturated heterocycles. The van der Waals surface area contributed by atoms with Gasteiger partial charge in [-0.15, -0.1) is 5.92 Å². The third-order valence-corrected chi connectivity index (χ3v) is 5.58. The molecule has 1 aromatic rings. The second-order valence-corrected chi connectivity index (χ2v) is 8.04. The van der Waals surface area contributed by atoms with Crippen molar-refractivity contribution in [2.24, 2.45) is 5.92 Å². The van der Waals surface area contributed by atoms with Gasteiger partial charge < -0.3 is 15.2 Å². The van der Waals surface area contributed by atoms with Crippen LogP contribution in [0, 0.1) is 29.6 Å². The van der Waals surface area contributed by atoms with Crippen LogP contribution in [0.15, 0.2) is 29.2 Å². The maximum absolute atomic E-state index is 13.1. The van der Waals surface area contributed by atoms with E-state index in [0.717, 1.165) is 4.31 Å². The van der Waals surface area contributed by atoms with Crippen LogP contribution in [-0.4, -0.2) is 56.6 Å². The van der Waals surface area contributed by atoms with Crippen LogP contribution >= 0.6 is 0 Å². The van der Waals surface area contributed by atoms with Crippen molar-refractivity contribution < 1.29 is 23.1 Å². The van der Waals surface area contributed by atoms with Gasteiger partial charge in [0.2, 0.25) is 10.0 Å². The Bertz CT molecular complexity index is 871. The molecule has 1 atom stereocenters. The quantitative estimate of drug-likeness (QED) is 0.602. The van der Waals surface area contributed by atoms with E-state index >= 15 is 0 Å². The molecule has 0 spiro atoms. The molecule has 0 radical (unpaired) electrons. The van der Waals surface area contributed by atoms with Crippen LogP contribution in [0.3, 0.4) is 0 Å². The average molecular weight is 407 g/mol. The van der Waals surface area contributed by atoms with E-state index in [2.05, 4.69) is 29.0 Å². The van der Waals surface area contributed by atoms with Gasteiger partial charge in [0.05, 0.1) is 18.0 Å². The van der Waals surface area contributed by atoms with Gasteiger partial charge in [-0.1, -0.05) is 31.6 Å². The topological polar surface area (TPSA) is 95.9 Å². The fourth-order valence-electron chi connectivity index (χ4n) is 2.39. The largest absolute Gasteiger partial charge is 0.481 e. The second-order valence-electron chi connectivity index (χ2n) is 6.15. The van der Waals surface area contributed by atoms with Crippen molar-refractivity contribution in [3.8, 4) is 29.4 Å². The van der Waals surface area contributed by atoms with Crippen molar-refractivity contribution in [1.82, 2.24) is 9.62 Å². The van der Waals surface area contributed by atoms with Gasteiger partial charge in [0.25, 0.3) is 0 Å². The number of carboxylic acid groups (broad SMARTS) is 1. The Morgan fingerprint density at radius 1 is 1.21 bits per heavy atom. The molecular weight excluding hydrogens is 380 g/mol. The zero-order chi connectivity index (χ0) is 21.2. The maximum Gasteiger partial charge on any atom is 0.322 e. The summed E-state index contributed by atoms with van der Waals surface area (Å²) in [5.74, 6) is 9.77. The van der Waals surface area contributed by atoms with Gasteiger partial charge in [0.15, 0.2) is 0 Å². The third kappa shape index (κ3) is 6.58. The Balaban J connectivity index is 3.23. The molecule has 152 valence electrons. The molecule has 0 saturated carbocycles. The first-order chi connectivity index (χ1) is 13.3. The zero-order valence-electron chi connectivity index (χ0n) is 16.5. The van der Waals surface area contributed by atoms with Gasteiger partial charge in [-0.3, -0.25) is 4.79 Å². The Kier molecular flexibility index (Phi) is 9.54. The molecule has 1 rings (SSSR count). The predicted octanol–water partition coefficient (Wildman–Crippen LogP) is 1.41. The van der Waals surface area contributed by atoms with Crippen molar-refractivity contribution in [2.75, 3.05) is 26.7 Å². The Hall–Kier alpha value is -2.52. The number of carboxylic acids is 1. The molecule has 0 aliphatic rings. The molecule has 1 unspecified atom stereocenters. The number of sulfonamides is 1. The lowest BCUT2D eigenvalue weighted by Gasteiger charge is -2.29. The molecule has 28 heavy (non-hydrogen) atoms. The fraction of sp³-hybridized carbons (Fsp3) is 0.450. The minimum absolute atomic E-state index is 0.0243. The van der Waals surface area contributed by atoms with Crippen molar-refractivity contribution in [1.29, 1.82) is 0 Å². The molecule has 0 fully saturated rings. The van der Waals surface area contributed by atoms with Crippen LogP contribution in [0.4, 0.5) is 0 Å². The van der Waals surface area contributed by atoms with E-state index in [4.69, 9.17) is 4.74 Å². The Morgan fingerprint density at radius 3 is 2.36 bits per heavy atom. The van der Waals surface area contributed by atoms with E-state index in [-0.39, 0.29) is 18.0 Å². The fourth-order valence-corrected chi connectivity index (χ4v) is 4.01. The highest BCUT2D eigenvalue weighted by Gasteiger charge is 2.37. The number of nitrogens with one attached hydrogen (secondary N) is 1. The van der Waals surface area contributed by atoms with Crippen molar-refractivity contribution in [3.63, 3.8) is 0 Å². The highest BCUT2D eigenvalue weighted by Crippen LogP contribution is 2.24. The van der Waals surface area contributed by atoms with Crippen LogP contribution in [0.1, 0.15) is 20.8 Å². The number of rotatable bonds is 9. The average Bonchev–Trinajstić information content (AvgIpc) is 2.64. The second kappa shape index (κ2) is 11.4. The van der Waals surface area contributed by atoms with Gasteiger partial charge in [0.1, 0.15) is 18.4 Å². The van der Waals surface area contributed by atoms with Crippen LogP contribution in [-0.2, 0) is 14.8 Å². The summed E-state index contributed by atoms with van der Waals surface area (Å²) in [5, 5.41) is 12.4. The van der Waals surface area contributed by atoms with Gasteiger partial charge in [-0.05, 0) is 44.2 Å². The summed E-state index contributed by atoms with van der Waals surface area (Å²) in [5.41, 5.74) is 0. The Morgan fingerprint density at radius 2 is 1.86 bits per heavy atom. The van der Waals surface area contributed by atoms with Crippen LogP contribution < -0.4 is 10.1 Å². The maximum atomic E-state index is 13.1. The summed E-state index contributed by atoms with van der Waals surface area (Å²) < 4.78 is 32.6. The molecule has 0 aliphatic heterocycles. The van der Waals surface area contributed by atoms with E-state index in [1.54, 1.807) is 27.8 Å². The molecule has 0 heterocycles. The number of nitrogens with zero attached hydrogens (tertiary/aromatic N) is 1. The van der Waals surface area contributed by atoms with Crippen molar-refractivity contribution in [3.05, 3.63) is 24.3 Å². The summed E-state index contributed by atoms with van der Waals surface area (Å²) in [7, 11) is -2.36. The monoisotopic (exact) mass is 406 g/mol. The number of hydrogen-bond donors (Lipinski definition) is 2. The van der Waals surface area contributed by atoms with E-state index in [1.807, 2.05) is 0 Å². The molecule has 7 nitrogen and oxygen atoms in total. The number of benzene rings is 1. The van der Waals surface area contributed by atoms with E-state index < -0.39 is 28.0 Å². The highest BCUT2D eigenvalue weighted by atomic mass is 32.2. The van der Waals surface area contributed by atoms with E-state index in [0.29, 0.717) is 12.3 Å². The van der Waals surface area contributed by atoms with Crippen molar-refractivity contribution in [2.45, 2.75) is 31.7 Å². The van der Waals surface area contributed by atoms with Gasteiger partial charge in [-0.25, -0.2) is 8.42 Å². The molecule has 8 heteroatoms. The number of carbonyl (C=O) groups is 1. The van der Waals surface area contributed by atoms with Crippen LogP contribution in [0.5, 0.6) is 5.75 Å². The lowest BCUT2D eigenvalue weighted by molar-refractivity contribution is -0.142. The zero-order valence-corrected chi connectivity index (χ0v) is 17.3. The first kappa shape index (κ1) is 23.5. The number of aliphatic carboxylic acids is 1. The smallest absolute Gasteiger partial charge is 0.322 e. The van der Waals surface area contributed by atoms with Gasteiger partial charge in [0, 0.05) is 0 Å². The molecule has 0 bridgehead atoms. The summed E-state index contributed by atoms with van der Waals surface area (Å²) in [4.78, 5) is 11.7. The molecule has 0 aromatic heterocycles. The van der Waals surface area contributed by atoms with Gasteiger partial charge in [-0.2, -0.15) is 4.31 Å². The number of hydrogen-bond acceptors (Lipinski definition) is 5. The minimum Gasteiger partial charge on any atom is -0.481 e. The molecule has 2 N–H and O–H groups in total. The predicted molar refractivity (Wildman–Crippen MR) is 107 cm³/mol. The number of ether oxygens (including phenoxy) is 1. The minimum atomic E-state index is -4.07. The lowest BCUT2D eigenvalue weighted by atomic mass is 10.1. The molecule has 1 aromatic carbocycles. The van der Waals surface area contributed by atoms with E-state index in [1.165, 1.54) is 24.3 Å². The summed E-state index contributed by atoms with van der Waals surface area (Å²) in [6.07, 6.45) is 0. The summed E-state index contributed by atoms with van der Waals surface area (Å²) in [6, 6.07) is 4.57. The summed E-state index contributed by atoms with van der Waals surface area (Å²) >= 11 is 0. The molecule has 0 amide bonds. The third-order valence-electron chi connectivity index (χ3n) is 3.74. The van der Waals surface area contributed by atoms with Gasteiger partial charge >= 0.3 is 5.97 Å². The SMILES string of the molecule is CC#CCOc1ccc(S(=O)(=O)N(CC#CCNC)C(C(=O)O)C(C)C)cc1. The summed E-state index contributed by atoms with van der Waals surface area (Å²) in [6.45, 7) is 5.37. The Labute approximate surface area is 167 Å². The van der Waals surface area contributed by atoms with Crippen molar-refractivity contribution >= 4 is 16.0 Å². The highest BCUT2D eigenvalue weighted by molar-refractivity contribution is 7.89.